The topological polar surface area (TPSA) is 114 Å². The quantitative estimate of drug-likeness (QED) is 0.798. The highest BCUT2D eigenvalue weighted by Crippen LogP contribution is 2.24. The van der Waals surface area contributed by atoms with Crippen LogP contribution in [-0.4, -0.2) is 29.3 Å². The number of hydrogen-bond donors (Lipinski definition) is 1. The van der Waals surface area contributed by atoms with Crippen molar-refractivity contribution in [1.82, 2.24) is 14.6 Å². The van der Waals surface area contributed by atoms with Crippen LogP contribution in [0.5, 0.6) is 0 Å². The molecule has 0 aliphatic carbocycles. The molecule has 2 N–H and O–H groups in total. The number of aromatic nitrogens is 3. The lowest BCUT2D eigenvalue weighted by Crippen LogP contribution is -2.11. The Morgan fingerprint density at radius 2 is 2.11 bits per heavy atom. The van der Waals surface area contributed by atoms with Crippen LogP contribution in [0.1, 0.15) is 23.7 Å². The molecule has 0 fully saturated rings. The maximum absolute atomic E-state index is 11.7. The van der Waals surface area contributed by atoms with E-state index in [4.69, 9.17) is 11.0 Å². The number of rotatable bonds is 2. The first kappa shape index (κ1) is 13.3. The Labute approximate surface area is 110 Å². The number of nitriles is 1. The molecule has 100 valence electrons. The molecule has 0 radical (unpaired) electrons. The molecule has 0 aromatic carbocycles. The average Bonchev–Trinajstić information content (AvgIpc) is 2.65. The first-order valence-electron chi connectivity index (χ1n) is 5.59. The van der Waals surface area contributed by atoms with Gasteiger partial charge in [-0.05, 0) is 13.3 Å². The van der Waals surface area contributed by atoms with Gasteiger partial charge in [-0.2, -0.15) is 14.9 Å². The Balaban J connectivity index is 3.02. The normalized spacial score (nSPS) is 11.7. The molecule has 0 unspecified atom stereocenters. The molecular weight excluding hydrogens is 266 g/mol. The van der Waals surface area contributed by atoms with Crippen LogP contribution < -0.4 is 5.73 Å². The van der Waals surface area contributed by atoms with Gasteiger partial charge in [-0.3, -0.25) is 0 Å². The summed E-state index contributed by atoms with van der Waals surface area (Å²) in [5, 5.41) is 13.0. The highest BCUT2D eigenvalue weighted by molar-refractivity contribution is 7.90. The Kier molecular flexibility index (Phi) is 2.94. The molecule has 8 heteroatoms. The number of aryl methyl sites for hydroxylation is 2. The third kappa shape index (κ3) is 1.92. The molecule has 0 aliphatic heterocycles. The molecule has 0 saturated heterocycles. The summed E-state index contributed by atoms with van der Waals surface area (Å²) in [6.07, 6.45) is 1.67. The third-order valence-electron chi connectivity index (χ3n) is 2.89. The summed E-state index contributed by atoms with van der Waals surface area (Å²) in [5.41, 5.74) is 7.58. The maximum Gasteiger partial charge on any atom is 0.194 e. The first-order valence-corrected chi connectivity index (χ1v) is 7.48. The fourth-order valence-corrected chi connectivity index (χ4v) is 2.68. The molecule has 19 heavy (non-hydrogen) atoms. The van der Waals surface area contributed by atoms with Crippen LogP contribution in [0.3, 0.4) is 0 Å². The zero-order valence-electron chi connectivity index (χ0n) is 10.8. The summed E-state index contributed by atoms with van der Waals surface area (Å²) in [4.78, 5) is 4.06. The van der Waals surface area contributed by atoms with Crippen LogP contribution >= 0.6 is 0 Å². The summed E-state index contributed by atoms with van der Waals surface area (Å²) in [5.74, 6) is -0.00396. The molecule has 0 atom stereocenters. The smallest absolute Gasteiger partial charge is 0.194 e. The van der Waals surface area contributed by atoms with Gasteiger partial charge < -0.3 is 5.73 Å². The van der Waals surface area contributed by atoms with Gasteiger partial charge in [-0.15, -0.1) is 0 Å². The number of anilines is 1. The number of sulfone groups is 1. The van der Waals surface area contributed by atoms with E-state index in [0.717, 1.165) is 17.5 Å². The lowest BCUT2D eigenvalue weighted by molar-refractivity contribution is 0.598. The highest BCUT2D eigenvalue weighted by atomic mass is 32.2. The molecule has 0 spiro atoms. The molecule has 2 heterocycles. The zero-order valence-corrected chi connectivity index (χ0v) is 11.6. The van der Waals surface area contributed by atoms with Gasteiger partial charge in [0.2, 0.25) is 0 Å². The van der Waals surface area contributed by atoms with E-state index in [1.54, 1.807) is 13.0 Å². The molecular formula is C11H13N5O2S. The second-order valence-electron chi connectivity index (χ2n) is 4.22. The van der Waals surface area contributed by atoms with E-state index < -0.39 is 9.84 Å². The summed E-state index contributed by atoms with van der Waals surface area (Å²) < 4.78 is 24.7. The van der Waals surface area contributed by atoms with Gasteiger partial charge in [0.1, 0.15) is 17.5 Å². The molecule has 0 aliphatic rings. The van der Waals surface area contributed by atoms with E-state index in [1.807, 2.05) is 6.92 Å². The van der Waals surface area contributed by atoms with E-state index in [1.165, 1.54) is 4.52 Å². The fraction of sp³-hybridized carbons (Fsp3) is 0.364. The van der Waals surface area contributed by atoms with E-state index in [-0.39, 0.29) is 16.4 Å². The van der Waals surface area contributed by atoms with Crippen LogP contribution in [0.4, 0.5) is 5.82 Å². The van der Waals surface area contributed by atoms with Crippen LogP contribution in [0.15, 0.2) is 5.03 Å². The van der Waals surface area contributed by atoms with Crippen LogP contribution in [0, 0.1) is 18.3 Å². The molecule has 2 rings (SSSR count). The summed E-state index contributed by atoms with van der Waals surface area (Å²) in [7, 11) is -3.63. The molecule has 2 aromatic heterocycles. The summed E-state index contributed by atoms with van der Waals surface area (Å²) >= 11 is 0. The summed E-state index contributed by atoms with van der Waals surface area (Å²) in [6, 6.07) is 1.78. The Bertz CT molecular complexity index is 814. The van der Waals surface area contributed by atoms with E-state index >= 15 is 0 Å². The SMILES string of the molecule is CCc1nn2c(N)c(C#N)c(S(C)(=O)=O)nc2c1C. The largest absolute Gasteiger partial charge is 0.382 e. The van der Waals surface area contributed by atoms with Crippen molar-refractivity contribution >= 4 is 21.3 Å². The minimum atomic E-state index is -3.63. The number of hydrogen-bond acceptors (Lipinski definition) is 6. The van der Waals surface area contributed by atoms with Gasteiger partial charge in [-0.1, -0.05) is 6.92 Å². The van der Waals surface area contributed by atoms with Gasteiger partial charge >= 0.3 is 0 Å². The molecule has 7 nitrogen and oxygen atoms in total. The van der Waals surface area contributed by atoms with Crippen LogP contribution in [-0.2, 0) is 16.3 Å². The lowest BCUT2D eigenvalue weighted by atomic mass is 10.2. The van der Waals surface area contributed by atoms with Crippen LogP contribution in [0.2, 0.25) is 0 Å². The third-order valence-corrected chi connectivity index (χ3v) is 3.89. The number of nitrogens with two attached hydrogens (primary N) is 1. The molecule has 0 saturated carbocycles. The van der Waals surface area contributed by atoms with Crippen molar-refractivity contribution in [3.63, 3.8) is 0 Å². The van der Waals surface area contributed by atoms with Crippen molar-refractivity contribution < 1.29 is 8.42 Å². The van der Waals surface area contributed by atoms with Gasteiger partial charge in [0.15, 0.2) is 20.5 Å². The number of nitrogens with zero attached hydrogens (tertiary/aromatic N) is 4. The Morgan fingerprint density at radius 1 is 1.47 bits per heavy atom. The predicted molar refractivity (Wildman–Crippen MR) is 69.3 cm³/mol. The average molecular weight is 279 g/mol. The zero-order chi connectivity index (χ0) is 14.4. The monoisotopic (exact) mass is 279 g/mol. The predicted octanol–water partition coefficient (Wildman–Crippen LogP) is 0.458. The van der Waals surface area contributed by atoms with E-state index in [9.17, 15) is 8.42 Å². The number of fused-ring (bicyclic) bond motifs is 1. The van der Waals surface area contributed by atoms with Crippen molar-refractivity contribution in [3.05, 3.63) is 16.8 Å². The van der Waals surface area contributed by atoms with Crippen LogP contribution in [0.25, 0.3) is 5.65 Å². The standard InChI is InChI=1S/C11H13N5O2S/c1-4-8-6(2)10-14-11(19(3,17)18)7(5-12)9(13)16(10)15-8/h4,13H2,1-3H3. The van der Waals surface area contributed by atoms with Crippen molar-refractivity contribution in [1.29, 1.82) is 5.26 Å². The van der Waals surface area contributed by atoms with Gasteiger partial charge in [0, 0.05) is 11.8 Å². The van der Waals surface area contributed by atoms with E-state index in [0.29, 0.717) is 12.1 Å². The summed E-state index contributed by atoms with van der Waals surface area (Å²) in [6.45, 7) is 3.72. The van der Waals surface area contributed by atoms with Gasteiger partial charge in [0.05, 0.1) is 5.69 Å². The molecule has 2 aromatic rings. The van der Waals surface area contributed by atoms with Crippen molar-refractivity contribution in [2.24, 2.45) is 0 Å². The highest BCUT2D eigenvalue weighted by Gasteiger charge is 2.23. The van der Waals surface area contributed by atoms with Gasteiger partial charge in [-0.25, -0.2) is 13.4 Å². The molecule has 0 bridgehead atoms. The van der Waals surface area contributed by atoms with E-state index in [2.05, 4.69) is 10.1 Å². The minimum absolute atomic E-state index is 0.00396. The maximum atomic E-state index is 11.7. The van der Waals surface area contributed by atoms with Crippen molar-refractivity contribution in [2.75, 3.05) is 12.0 Å². The van der Waals surface area contributed by atoms with Gasteiger partial charge in [0.25, 0.3) is 0 Å². The van der Waals surface area contributed by atoms with Crippen molar-refractivity contribution in [2.45, 2.75) is 25.3 Å². The second kappa shape index (κ2) is 4.20. The first-order chi connectivity index (χ1) is 8.81. The Morgan fingerprint density at radius 3 is 2.58 bits per heavy atom. The van der Waals surface area contributed by atoms with Crippen molar-refractivity contribution in [3.8, 4) is 6.07 Å². The Hall–Kier alpha value is -2.14. The fourth-order valence-electron chi connectivity index (χ4n) is 1.91. The molecule has 0 amide bonds. The number of nitrogen functional groups attached to an aromatic ring is 1. The second-order valence-corrected chi connectivity index (χ2v) is 6.15. The minimum Gasteiger partial charge on any atom is -0.382 e. The lowest BCUT2D eigenvalue weighted by Gasteiger charge is -2.06.